The van der Waals surface area contributed by atoms with Crippen molar-refractivity contribution in [1.29, 1.82) is 0 Å². The number of aliphatic imine (C=N–C) groups is 3. The lowest BCUT2D eigenvalue weighted by molar-refractivity contribution is 0.616. The van der Waals surface area contributed by atoms with Gasteiger partial charge in [0.05, 0.1) is 11.4 Å². The highest BCUT2D eigenvalue weighted by atomic mass is 15.2. The van der Waals surface area contributed by atoms with Crippen LogP contribution >= 0.6 is 0 Å². The Labute approximate surface area is 358 Å². The van der Waals surface area contributed by atoms with Gasteiger partial charge >= 0.3 is 0 Å². The summed E-state index contributed by atoms with van der Waals surface area (Å²) in [5.74, 6) is 1.41. The highest BCUT2D eigenvalue weighted by Crippen LogP contribution is 2.51. The molecule has 9 rings (SSSR count). The first-order valence-electron chi connectivity index (χ1n) is 20.6. The zero-order valence-corrected chi connectivity index (χ0v) is 34.8. The predicted molar refractivity (Wildman–Crippen MR) is 261 cm³/mol. The molecule has 0 aliphatic carbocycles. The molecule has 0 N–H and O–H groups in total. The summed E-state index contributed by atoms with van der Waals surface area (Å²) in [5, 5.41) is 4.74. The van der Waals surface area contributed by atoms with E-state index in [4.69, 9.17) is 9.98 Å². The first-order chi connectivity index (χ1) is 29.8. The van der Waals surface area contributed by atoms with Crippen LogP contribution in [0, 0.1) is 0 Å². The van der Waals surface area contributed by atoms with Crippen LogP contribution in [-0.2, 0) is 5.41 Å². The number of nitrogens with zero attached hydrogens (tertiary/aromatic N) is 4. The molecule has 4 heteroatoms. The van der Waals surface area contributed by atoms with Crippen molar-refractivity contribution in [2.24, 2.45) is 15.0 Å². The molecule has 294 valence electrons. The number of anilines is 2. The fourth-order valence-electron chi connectivity index (χ4n) is 8.80. The Kier molecular flexibility index (Phi) is 10.3. The maximum absolute atomic E-state index is 5.10. The Bertz CT molecular complexity index is 3020. The van der Waals surface area contributed by atoms with Crippen LogP contribution in [0.5, 0.6) is 0 Å². The molecule has 1 heterocycles. The highest BCUT2D eigenvalue weighted by Gasteiger charge is 2.38. The van der Waals surface area contributed by atoms with E-state index in [9.17, 15) is 0 Å². The fourth-order valence-corrected chi connectivity index (χ4v) is 8.80. The van der Waals surface area contributed by atoms with Gasteiger partial charge in [0.25, 0.3) is 0 Å². The molecule has 0 bridgehead atoms. The number of para-hydroxylation sites is 1. The molecule has 61 heavy (non-hydrogen) atoms. The Hall–Kier alpha value is -7.69. The Morgan fingerprint density at radius 3 is 1.59 bits per heavy atom. The van der Waals surface area contributed by atoms with Gasteiger partial charge in [-0.05, 0) is 98.4 Å². The largest absolute Gasteiger partial charge is 0.295 e. The average Bonchev–Trinajstić information content (AvgIpc) is 3.31. The number of allylic oxidation sites excluding steroid dienone is 2. The quantitative estimate of drug-likeness (QED) is 0.0816. The smallest absolute Gasteiger partial charge is 0.160 e. The molecule has 4 nitrogen and oxygen atoms in total. The Morgan fingerprint density at radius 2 is 1.05 bits per heavy atom. The number of amidine groups is 1. The van der Waals surface area contributed by atoms with E-state index in [1.54, 1.807) is 0 Å². The zero-order valence-electron chi connectivity index (χ0n) is 34.8. The molecule has 0 saturated heterocycles. The molecule has 0 saturated carbocycles. The minimum absolute atomic E-state index is 0.387. The fraction of sp³-hybridized carbons (Fsp3) is 0.0702. The predicted octanol–water partition coefficient (Wildman–Crippen LogP) is 14.8. The van der Waals surface area contributed by atoms with Gasteiger partial charge in [-0.2, -0.15) is 0 Å². The van der Waals surface area contributed by atoms with Gasteiger partial charge in [-0.3, -0.25) is 4.90 Å². The number of hydrogen-bond donors (Lipinski definition) is 0. The second-order valence-corrected chi connectivity index (χ2v) is 15.9. The van der Waals surface area contributed by atoms with E-state index in [1.165, 1.54) is 38.2 Å². The first-order valence-corrected chi connectivity index (χ1v) is 20.6. The average molecular weight is 787 g/mol. The van der Waals surface area contributed by atoms with Crippen LogP contribution < -0.4 is 4.90 Å². The monoisotopic (exact) mass is 786 g/mol. The second-order valence-electron chi connectivity index (χ2n) is 15.9. The molecular formula is C57H46N4. The molecule has 0 fully saturated rings. The molecule has 0 amide bonds. The van der Waals surface area contributed by atoms with Gasteiger partial charge in [0.15, 0.2) is 5.84 Å². The van der Waals surface area contributed by atoms with Gasteiger partial charge in [-0.15, -0.1) is 0 Å². The van der Waals surface area contributed by atoms with Gasteiger partial charge in [0.1, 0.15) is 5.82 Å². The van der Waals surface area contributed by atoms with Crippen molar-refractivity contribution in [3.63, 3.8) is 0 Å². The van der Waals surface area contributed by atoms with Crippen molar-refractivity contribution in [2.75, 3.05) is 4.90 Å². The summed E-state index contributed by atoms with van der Waals surface area (Å²) in [6.45, 7) is 19.1. The van der Waals surface area contributed by atoms with Gasteiger partial charge in [0.2, 0.25) is 0 Å². The van der Waals surface area contributed by atoms with Crippen molar-refractivity contribution < 1.29 is 0 Å². The number of hydrogen-bond acceptors (Lipinski definition) is 3. The van der Waals surface area contributed by atoms with E-state index in [-0.39, 0.29) is 5.41 Å². The number of rotatable bonds is 9. The zero-order chi connectivity index (χ0) is 42.1. The maximum Gasteiger partial charge on any atom is 0.160 e. The van der Waals surface area contributed by atoms with E-state index >= 15 is 0 Å². The summed E-state index contributed by atoms with van der Waals surface area (Å²) in [5.41, 5.74) is 13.0. The highest BCUT2D eigenvalue weighted by molar-refractivity contribution is 6.21. The molecule has 1 aliphatic rings. The van der Waals surface area contributed by atoms with Crippen LogP contribution in [0.3, 0.4) is 0 Å². The first kappa shape index (κ1) is 38.8. The summed E-state index contributed by atoms with van der Waals surface area (Å²) in [4.78, 5) is 16.9. The summed E-state index contributed by atoms with van der Waals surface area (Å²) in [6, 6.07) is 63.7. The minimum atomic E-state index is -0.387. The van der Waals surface area contributed by atoms with Crippen molar-refractivity contribution in [3.8, 4) is 22.3 Å². The van der Waals surface area contributed by atoms with Crippen molar-refractivity contribution in [2.45, 2.75) is 26.2 Å². The Balaban J connectivity index is 1.19. The second kappa shape index (κ2) is 16.2. The maximum atomic E-state index is 5.10. The Morgan fingerprint density at radius 1 is 0.557 bits per heavy atom. The summed E-state index contributed by atoms with van der Waals surface area (Å²) in [6.07, 6.45) is 1.94. The SMILES string of the molecule is C=CC1=C(N=C)N(c2ccccc2)c2ccc(-c3c4ccccc4c(-c4ccc(C(N=C(C)c5ccccc5)=NC(=C)c5ccccc5)cc4)c4ccccc34)cc2C1(C)C. The van der Waals surface area contributed by atoms with E-state index in [0.717, 1.165) is 56.3 Å². The van der Waals surface area contributed by atoms with E-state index < -0.39 is 0 Å². The molecule has 1 aliphatic heterocycles. The van der Waals surface area contributed by atoms with Gasteiger partial charge in [0, 0.05) is 28.0 Å². The van der Waals surface area contributed by atoms with Crippen LogP contribution in [0.2, 0.25) is 0 Å². The molecule has 0 spiro atoms. The van der Waals surface area contributed by atoms with Gasteiger partial charge in [-0.25, -0.2) is 15.0 Å². The van der Waals surface area contributed by atoms with E-state index in [1.807, 2.05) is 67.6 Å². The third kappa shape index (κ3) is 7.02. The lowest BCUT2D eigenvalue weighted by Crippen LogP contribution is -2.33. The molecule has 0 unspecified atom stereocenters. The van der Waals surface area contributed by atoms with Crippen molar-refractivity contribution in [3.05, 3.63) is 235 Å². The summed E-state index contributed by atoms with van der Waals surface area (Å²) < 4.78 is 0. The lowest BCUT2D eigenvalue weighted by Gasteiger charge is -2.41. The van der Waals surface area contributed by atoms with Gasteiger partial charge < -0.3 is 0 Å². The van der Waals surface area contributed by atoms with Crippen molar-refractivity contribution in [1.82, 2.24) is 0 Å². The molecule has 8 aromatic carbocycles. The van der Waals surface area contributed by atoms with E-state index in [2.05, 4.69) is 171 Å². The number of benzene rings is 8. The molecule has 8 aromatic rings. The normalized spacial score (nSPS) is 13.9. The molecule has 0 aromatic heterocycles. The molecule has 0 radical (unpaired) electrons. The van der Waals surface area contributed by atoms with E-state index in [0.29, 0.717) is 11.5 Å². The summed E-state index contributed by atoms with van der Waals surface area (Å²) >= 11 is 0. The summed E-state index contributed by atoms with van der Waals surface area (Å²) in [7, 11) is 0. The number of fused-ring (bicyclic) bond motifs is 3. The molecular weight excluding hydrogens is 741 g/mol. The third-order valence-corrected chi connectivity index (χ3v) is 11.9. The lowest BCUT2D eigenvalue weighted by atomic mass is 9.73. The van der Waals surface area contributed by atoms with Crippen LogP contribution in [0.4, 0.5) is 11.4 Å². The molecule has 0 atom stereocenters. The van der Waals surface area contributed by atoms with Crippen LogP contribution in [-0.4, -0.2) is 18.3 Å². The third-order valence-electron chi connectivity index (χ3n) is 11.9. The van der Waals surface area contributed by atoms with Gasteiger partial charge in [-0.1, -0.05) is 191 Å². The topological polar surface area (TPSA) is 40.3 Å². The van der Waals surface area contributed by atoms with Crippen molar-refractivity contribution >= 4 is 56.9 Å². The standard InChI is InChI=1S/C57H46N4/c1-7-50-56(58-6)61(45-25-15-10-16-26-45)52-36-35-44(37-51(52)57(50,4)5)54-48-29-19-17-27-46(48)53(47-28-18-20-30-49(47)54)42-31-33-43(34-32-42)55(59-38(2)40-21-11-8-12-22-40)60-39(3)41-23-13-9-14-24-41/h7-37H,1-2,6H2,3-5H3. The van der Waals surface area contributed by atoms with Crippen LogP contribution in [0.1, 0.15) is 43.0 Å². The van der Waals surface area contributed by atoms with Crippen LogP contribution in [0.25, 0.3) is 49.5 Å². The van der Waals surface area contributed by atoms with Crippen LogP contribution in [0.15, 0.2) is 228 Å². The minimum Gasteiger partial charge on any atom is -0.295 e.